The number of ether oxygens (including phenoxy) is 1. The van der Waals surface area contributed by atoms with Crippen LogP contribution in [0.3, 0.4) is 0 Å². The zero-order valence-electron chi connectivity index (χ0n) is 37.2. The van der Waals surface area contributed by atoms with Crippen LogP contribution in [0.1, 0.15) is 54.9 Å². The molecule has 0 saturated heterocycles. The number of rotatable bonds is 10. The first kappa shape index (κ1) is 60.2. The first-order chi connectivity index (χ1) is 35.1. The van der Waals surface area contributed by atoms with Crippen LogP contribution < -0.4 is 31.2 Å². The zero-order valence-corrected chi connectivity index (χ0v) is 37.2. The van der Waals surface area contributed by atoms with Gasteiger partial charge in [-0.25, -0.2) is 4.98 Å². The van der Waals surface area contributed by atoms with Gasteiger partial charge in [0.2, 0.25) is 18.5 Å². The van der Waals surface area contributed by atoms with Crippen LogP contribution in [0.2, 0.25) is 0 Å². The average molecular weight is 1130 g/mol. The lowest BCUT2D eigenvalue weighted by atomic mass is 9.12. The van der Waals surface area contributed by atoms with Crippen molar-refractivity contribution < 1.29 is 119 Å². The van der Waals surface area contributed by atoms with E-state index in [1.54, 1.807) is 29.1 Å². The summed E-state index contributed by atoms with van der Waals surface area (Å²) in [5.74, 6) is 0.281. The SMILES string of the molecule is FC(F)(F)c1cc([B-](c2cc(C(F)(F)F)cc(C(F)(F)F)c2)(c2cc(C(F)(F)F)cc(C(F)(F)F)c2)c2cc(C(F)(F)F)cc(C(F)(F)F)c2)cc(C(F)(F)F)c1.[N-]=[N+]=NCOc1c[n+](CC(=O)c2ccccc2)ccn1. The molecule has 0 aliphatic carbocycles. The summed E-state index contributed by atoms with van der Waals surface area (Å²) in [4.78, 5) is 18.6. The second-order valence-corrected chi connectivity index (χ2v) is 16.1. The summed E-state index contributed by atoms with van der Waals surface area (Å²) >= 11 is 0. The summed E-state index contributed by atoms with van der Waals surface area (Å²) < 4.78 is 348. The Morgan fingerprint density at radius 1 is 0.481 bits per heavy atom. The lowest BCUT2D eigenvalue weighted by Crippen LogP contribution is -2.75. The number of aromatic nitrogens is 2. The van der Waals surface area contributed by atoms with Crippen molar-refractivity contribution in [2.24, 2.45) is 5.11 Å². The summed E-state index contributed by atoms with van der Waals surface area (Å²) in [5.41, 5.74) is -21.4. The lowest BCUT2D eigenvalue weighted by Gasteiger charge is -2.46. The molecular formula is C45H24BF24N5O2. The quantitative estimate of drug-likeness (QED) is 0.0260. The maximum absolute atomic E-state index is 14.2. The number of hydrogen-bond acceptors (Lipinski definition) is 4. The Bertz CT molecular complexity index is 2720. The Morgan fingerprint density at radius 2 is 0.766 bits per heavy atom. The van der Waals surface area contributed by atoms with Crippen molar-refractivity contribution in [2.45, 2.75) is 56.0 Å². The molecule has 0 radical (unpaired) electrons. The van der Waals surface area contributed by atoms with Crippen molar-refractivity contribution in [2.75, 3.05) is 6.73 Å². The van der Waals surface area contributed by atoms with Gasteiger partial charge >= 0.3 is 49.4 Å². The van der Waals surface area contributed by atoms with Crippen LogP contribution in [-0.4, -0.2) is 23.6 Å². The number of Topliss-reactive ketones (excluding diaryl/α,β-unsaturated/α-hetero) is 1. The molecule has 1 heterocycles. The molecule has 412 valence electrons. The van der Waals surface area contributed by atoms with Gasteiger partial charge in [0.25, 0.3) is 5.88 Å². The Morgan fingerprint density at radius 3 is 1.03 bits per heavy atom. The van der Waals surface area contributed by atoms with Crippen LogP contribution in [0.15, 0.2) is 127 Å². The molecule has 0 saturated carbocycles. The van der Waals surface area contributed by atoms with Gasteiger partial charge in [-0.15, -0.1) is 0 Å². The number of carbonyl (C=O) groups excluding carboxylic acids is 1. The van der Waals surface area contributed by atoms with Crippen LogP contribution >= 0.6 is 0 Å². The molecule has 0 bridgehead atoms. The third-order valence-corrected chi connectivity index (χ3v) is 10.9. The molecule has 0 unspecified atom stereocenters. The van der Waals surface area contributed by atoms with Crippen LogP contribution in [0.25, 0.3) is 10.4 Å². The van der Waals surface area contributed by atoms with E-state index < -0.39 is 195 Å². The molecule has 1 aromatic heterocycles. The highest BCUT2D eigenvalue weighted by Gasteiger charge is 2.47. The molecule has 5 aromatic carbocycles. The highest BCUT2D eigenvalue weighted by molar-refractivity contribution is 7.20. The van der Waals surface area contributed by atoms with Crippen LogP contribution in [0.5, 0.6) is 5.88 Å². The summed E-state index contributed by atoms with van der Waals surface area (Å²) in [7, 11) is 0. The Labute approximate surface area is 413 Å². The molecule has 6 rings (SSSR count). The van der Waals surface area contributed by atoms with Gasteiger partial charge in [-0.3, -0.25) is 4.79 Å². The minimum atomic E-state index is -6.13. The van der Waals surface area contributed by atoms with Crippen LogP contribution in [0.4, 0.5) is 105 Å². The van der Waals surface area contributed by atoms with Crippen LogP contribution in [0, 0.1) is 0 Å². The van der Waals surface area contributed by atoms with Crippen molar-refractivity contribution in [3.8, 4) is 5.88 Å². The number of nitrogens with zero attached hydrogens (tertiary/aromatic N) is 5. The summed E-state index contributed by atoms with van der Waals surface area (Å²) in [6.45, 7) is 0.0462. The number of carbonyl (C=O) groups is 1. The largest absolute Gasteiger partial charge is 0.467 e. The molecule has 0 amide bonds. The predicted molar refractivity (Wildman–Crippen MR) is 220 cm³/mol. The first-order valence-corrected chi connectivity index (χ1v) is 20.5. The summed E-state index contributed by atoms with van der Waals surface area (Å²) in [6.07, 6.45) is -50.0. The van der Waals surface area contributed by atoms with E-state index in [0.717, 1.165) is 0 Å². The van der Waals surface area contributed by atoms with E-state index in [-0.39, 0.29) is 19.1 Å². The monoisotopic (exact) mass is 1130 g/mol. The fourth-order valence-electron chi connectivity index (χ4n) is 7.66. The van der Waals surface area contributed by atoms with Gasteiger partial charge in [0.05, 0.1) is 50.7 Å². The van der Waals surface area contributed by atoms with E-state index in [9.17, 15) is 110 Å². The second kappa shape index (κ2) is 21.4. The summed E-state index contributed by atoms with van der Waals surface area (Å²) in [6, 6.07) is 0.219. The number of ketones is 1. The van der Waals surface area contributed by atoms with Gasteiger partial charge in [0, 0.05) is 10.5 Å². The Hall–Kier alpha value is -7.66. The standard InChI is InChI=1S/C32H12BF24.C13H12N5O2/c34-25(35,36)13-1-14(26(37,38)39)6-21(5-13)33(22-7-15(27(40,41)42)2-16(8-22)28(43,44)45,23-9-17(29(46,47)48)3-18(10-23)30(49,50)51)24-11-19(31(52,53)54)4-20(12-24)32(55,56)57;14-17-16-10-20-13-9-18(7-6-15-13)8-12(19)11-4-2-1-3-5-11/h1-12H;1-7,9H,8,10H2/q-1;+1. The van der Waals surface area contributed by atoms with Gasteiger partial charge < -0.3 is 4.74 Å². The number of hydrogen-bond donors (Lipinski definition) is 0. The fourth-order valence-corrected chi connectivity index (χ4v) is 7.66. The molecule has 0 aliphatic rings. The molecule has 6 aromatic rings. The van der Waals surface area contributed by atoms with Gasteiger partial charge in [0.1, 0.15) is 6.15 Å². The average Bonchev–Trinajstić information content (AvgIpc) is 3.30. The molecular weight excluding hydrogens is 1110 g/mol. The van der Waals surface area contributed by atoms with E-state index in [4.69, 9.17) is 10.3 Å². The number of azide groups is 1. The Kier molecular flexibility index (Phi) is 16.7. The normalized spacial score (nSPS) is 13.1. The van der Waals surface area contributed by atoms with Gasteiger partial charge in [-0.2, -0.15) is 132 Å². The summed E-state index contributed by atoms with van der Waals surface area (Å²) in [5, 5.41) is 3.25. The van der Waals surface area contributed by atoms with Crippen molar-refractivity contribution in [1.82, 2.24) is 4.98 Å². The predicted octanol–water partition coefficient (Wildman–Crippen LogP) is 13.1. The number of benzene rings is 5. The van der Waals surface area contributed by atoms with E-state index in [1.165, 1.54) is 6.20 Å². The molecule has 7 nitrogen and oxygen atoms in total. The molecule has 0 aliphatic heterocycles. The maximum Gasteiger partial charge on any atom is 0.416 e. The second-order valence-electron chi connectivity index (χ2n) is 16.1. The maximum atomic E-state index is 14.2. The third kappa shape index (κ3) is 14.6. The highest BCUT2D eigenvalue weighted by Crippen LogP contribution is 2.41. The highest BCUT2D eigenvalue weighted by atomic mass is 19.4. The van der Waals surface area contributed by atoms with Crippen LogP contribution in [-0.2, 0) is 56.0 Å². The topological polar surface area (TPSA) is 91.8 Å². The molecule has 32 heteroatoms. The van der Waals surface area contributed by atoms with Gasteiger partial charge in [-0.05, 0) is 29.8 Å². The zero-order chi connectivity index (χ0) is 58.1. The fraction of sp³-hybridized carbons (Fsp3) is 0.222. The smallest absolute Gasteiger partial charge is 0.416 e. The molecule has 0 atom stereocenters. The number of alkyl halides is 24. The van der Waals surface area contributed by atoms with Gasteiger partial charge in [-0.1, -0.05) is 84.0 Å². The van der Waals surface area contributed by atoms with E-state index in [0.29, 0.717) is 11.4 Å². The van der Waals surface area contributed by atoms with E-state index in [2.05, 4.69) is 15.0 Å². The molecule has 0 fully saturated rings. The van der Waals surface area contributed by atoms with E-state index >= 15 is 0 Å². The lowest BCUT2D eigenvalue weighted by molar-refractivity contribution is -0.684. The minimum Gasteiger partial charge on any atom is -0.467 e. The minimum absolute atomic E-state index is 0.0113. The third-order valence-electron chi connectivity index (χ3n) is 10.9. The van der Waals surface area contributed by atoms with Crippen molar-refractivity contribution in [1.29, 1.82) is 0 Å². The van der Waals surface area contributed by atoms with Gasteiger partial charge in [0.15, 0.2) is 12.9 Å². The Balaban J connectivity index is 0.000000455. The molecule has 0 spiro atoms. The van der Waals surface area contributed by atoms with Crippen molar-refractivity contribution >= 4 is 33.8 Å². The molecule has 0 N–H and O–H groups in total. The van der Waals surface area contributed by atoms with Crippen molar-refractivity contribution in [3.63, 3.8) is 0 Å². The first-order valence-electron chi connectivity index (χ1n) is 20.5. The van der Waals surface area contributed by atoms with Crippen molar-refractivity contribution in [3.05, 3.63) is 182 Å². The van der Waals surface area contributed by atoms with E-state index in [1.807, 2.05) is 18.2 Å². The molecule has 77 heavy (non-hydrogen) atoms. The number of halogens is 24.